The lowest BCUT2D eigenvalue weighted by Crippen LogP contribution is -2.26. The topological polar surface area (TPSA) is 76.7 Å². The molecule has 142 valence electrons. The number of ether oxygens (including phenoxy) is 2. The normalized spacial score (nSPS) is 14.0. The summed E-state index contributed by atoms with van der Waals surface area (Å²) in [4.78, 5) is 24.1. The number of carbonyl (C=O) groups is 2. The molecule has 0 saturated heterocycles. The molecule has 2 aromatic carbocycles. The Morgan fingerprint density at radius 1 is 1.07 bits per heavy atom. The Hall–Kier alpha value is -3.02. The van der Waals surface area contributed by atoms with E-state index in [0.717, 1.165) is 17.7 Å². The minimum absolute atomic E-state index is 0.0897. The van der Waals surface area contributed by atoms with E-state index in [-0.39, 0.29) is 17.9 Å². The first-order valence-corrected chi connectivity index (χ1v) is 9.17. The standard InChI is InChI=1S/C21H24N2O4/c1-3-20(24)23-17-7-4-6-16(12-17)21(25)22-14(2)15-8-9-18-19(13-15)27-11-5-10-26-18/h4,6-9,12-14H,3,5,10-11H2,1-2H3,(H,22,25)(H,23,24). The Morgan fingerprint density at radius 3 is 2.63 bits per heavy atom. The SMILES string of the molecule is CCC(=O)Nc1cccc(C(=O)NC(C)c2ccc3c(c2)OCCCO3)c1. The molecule has 0 radical (unpaired) electrons. The number of carbonyl (C=O) groups excluding carboxylic acids is 2. The molecule has 27 heavy (non-hydrogen) atoms. The zero-order valence-electron chi connectivity index (χ0n) is 15.6. The maximum atomic E-state index is 12.6. The Morgan fingerprint density at radius 2 is 1.85 bits per heavy atom. The average molecular weight is 368 g/mol. The van der Waals surface area contributed by atoms with Crippen LogP contribution < -0.4 is 20.1 Å². The van der Waals surface area contributed by atoms with Crippen molar-refractivity contribution in [3.05, 3.63) is 53.6 Å². The lowest BCUT2D eigenvalue weighted by Gasteiger charge is -2.17. The van der Waals surface area contributed by atoms with Crippen molar-refractivity contribution in [3.8, 4) is 11.5 Å². The molecule has 1 unspecified atom stereocenters. The van der Waals surface area contributed by atoms with Gasteiger partial charge < -0.3 is 20.1 Å². The van der Waals surface area contributed by atoms with E-state index in [1.54, 1.807) is 31.2 Å². The molecule has 0 aliphatic carbocycles. The van der Waals surface area contributed by atoms with Gasteiger partial charge >= 0.3 is 0 Å². The summed E-state index contributed by atoms with van der Waals surface area (Å²) in [5.41, 5.74) is 2.03. The van der Waals surface area contributed by atoms with Crippen molar-refractivity contribution in [2.24, 2.45) is 0 Å². The number of hydrogen-bond donors (Lipinski definition) is 2. The molecule has 0 fully saturated rings. The minimum atomic E-state index is -0.206. The molecule has 1 aliphatic heterocycles. The maximum Gasteiger partial charge on any atom is 0.251 e. The molecule has 6 heteroatoms. The highest BCUT2D eigenvalue weighted by atomic mass is 16.5. The first-order valence-electron chi connectivity index (χ1n) is 9.17. The van der Waals surface area contributed by atoms with Gasteiger partial charge in [-0.1, -0.05) is 19.1 Å². The van der Waals surface area contributed by atoms with Crippen LogP contribution in [-0.4, -0.2) is 25.0 Å². The molecule has 2 aromatic rings. The summed E-state index contributed by atoms with van der Waals surface area (Å²) in [6.07, 6.45) is 1.23. The molecule has 2 N–H and O–H groups in total. The third kappa shape index (κ3) is 4.78. The van der Waals surface area contributed by atoms with Gasteiger partial charge in [0.1, 0.15) is 0 Å². The van der Waals surface area contributed by atoms with Crippen molar-refractivity contribution in [1.82, 2.24) is 5.32 Å². The third-order valence-electron chi connectivity index (χ3n) is 4.35. The van der Waals surface area contributed by atoms with Gasteiger partial charge in [-0.3, -0.25) is 9.59 Å². The van der Waals surface area contributed by atoms with Crippen LogP contribution in [0, 0.1) is 0 Å². The zero-order chi connectivity index (χ0) is 19.2. The quantitative estimate of drug-likeness (QED) is 0.844. The van der Waals surface area contributed by atoms with Gasteiger partial charge in [0.05, 0.1) is 19.3 Å². The second kappa shape index (κ2) is 8.58. The summed E-state index contributed by atoms with van der Waals surface area (Å²) in [7, 11) is 0. The number of rotatable bonds is 5. The van der Waals surface area contributed by atoms with Gasteiger partial charge in [0.25, 0.3) is 5.91 Å². The van der Waals surface area contributed by atoms with E-state index in [2.05, 4.69) is 10.6 Å². The van der Waals surface area contributed by atoms with Gasteiger partial charge in [-0.25, -0.2) is 0 Å². The Bertz CT molecular complexity index is 835. The summed E-state index contributed by atoms with van der Waals surface area (Å²) in [6, 6.07) is 12.4. The molecular formula is C21H24N2O4. The molecule has 3 rings (SSSR count). The van der Waals surface area contributed by atoms with Crippen molar-refractivity contribution in [3.63, 3.8) is 0 Å². The first-order chi connectivity index (χ1) is 13.1. The van der Waals surface area contributed by atoms with E-state index in [0.29, 0.717) is 36.6 Å². The van der Waals surface area contributed by atoms with Crippen LogP contribution >= 0.6 is 0 Å². The Balaban J connectivity index is 1.69. The minimum Gasteiger partial charge on any atom is -0.490 e. The predicted octanol–water partition coefficient (Wildman–Crippen LogP) is 3.69. The van der Waals surface area contributed by atoms with Crippen molar-refractivity contribution >= 4 is 17.5 Å². The van der Waals surface area contributed by atoms with Crippen molar-refractivity contribution in [2.75, 3.05) is 18.5 Å². The monoisotopic (exact) mass is 368 g/mol. The molecule has 0 bridgehead atoms. The van der Waals surface area contributed by atoms with E-state index < -0.39 is 0 Å². The fourth-order valence-corrected chi connectivity index (χ4v) is 2.80. The molecule has 1 atom stereocenters. The third-order valence-corrected chi connectivity index (χ3v) is 4.35. The van der Waals surface area contributed by atoms with Crippen LogP contribution in [0.2, 0.25) is 0 Å². The molecule has 0 spiro atoms. The summed E-state index contributed by atoms with van der Waals surface area (Å²) in [6.45, 7) is 4.96. The highest BCUT2D eigenvalue weighted by Crippen LogP contribution is 2.32. The van der Waals surface area contributed by atoms with E-state index in [4.69, 9.17) is 9.47 Å². The number of nitrogens with one attached hydrogen (secondary N) is 2. The van der Waals surface area contributed by atoms with Gasteiger partial charge in [0.2, 0.25) is 5.91 Å². The van der Waals surface area contributed by atoms with Crippen LogP contribution in [-0.2, 0) is 4.79 Å². The summed E-state index contributed by atoms with van der Waals surface area (Å²) < 4.78 is 11.4. The van der Waals surface area contributed by atoms with Gasteiger partial charge in [-0.15, -0.1) is 0 Å². The van der Waals surface area contributed by atoms with Gasteiger partial charge in [-0.05, 0) is 42.8 Å². The van der Waals surface area contributed by atoms with E-state index in [1.807, 2.05) is 25.1 Å². The Labute approximate surface area is 158 Å². The summed E-state index contributed by atoms with van der Waals surface area (Å²) in [5, 5.41) is 5.74. The van der Waals surface area contributed by atoms with Crippen LogP contribution in [0.15, 0.2) is 42.5 Å². The van der Waals surface area contributed by atoms with Crippen molar-refractivity contribution in [2.45, 2.75) is 32.7 Å². The fourth-order valence-electron chi connectivity index (χ4n) is 2.80. The number of benzene rings is 2. The maximum absolute atomic E-state index is 12.6. The molecule has 2 amide bonds. The van der Waals surface area contributed by atoms with Crippen LogP contribution in [0.3, 0.4) is 0 Å². The number of anilines is 1. The molecule has 1 aliphatic rings. The van der Waals surface area contributed by atoms with Gasteiger partial charge in [0, 0.05) is 24.1 Å². The molecule has 0 aromatic heterocycles. The first kappa shape index (κ1) is 18.8. The van der Waals surface area contributed by atoms with Crippen LogP contribution in [0.5, 0.6) is 11.5 Å². The van der Waals surface area contributed by atoms with Gasteiger partial charge in [0.15, 0.2) is 11.5 Å². The highest BCUT2D eigenvalue weighted by molar-refractivity contribution is 5.97. The fraction of sp³-hybridized carbons (Fsp3) is 0.333. The molecule has 0 saturated carbocycles. The van der Waals surface area contributed by atoms with Crippen LogP contribution in [0.1, 0.15) is 48.7 Å². The van der Waals surface area contributed by atoms with E-state index >= 15 is 0 Å². The molecule has 1 heterocycles. The summed E-state index contributed by atoms with van der Waals surface area (Å²) >= 11 is 0. The second-order valence-electron chi connectivity index (χ2n) is 6.43. The highest BCUT2D eigenvalue weighted by Gasteiger charge is 2.16. The van der Waals surface area contributed by atoms with Crippen LogP contribution in [0.4, 0.5) is 5.69 Å². The largest absolute Gasteiger partial charge is 0.490 e. The predicted molar refractivity (Wildman–Crippen MR) is 103 cm³/mol. The van der Waals surface area contributed by atoms with E-state index in [9.17, 15) is 9.59 Å². The zero-order valence-corrected chi connectivity index (χ0v) is 15.6. The van der Waals surface area contributed by atoms with Crippen molar-refractivity contribution < 1.29 is 19.1 Å². The van der Waals surface area contributed by atoms with Crippen LogP contribution in [0.25, 0.3) is 0 Å². The molecular weight excluding hydrogens is 344 g/mol. The number of amides is 2. The van der Waals surface area contributed by atoms with Crippen molar-refractivity contribution in [1.29, 1.82) is 0 Å². The Kier molecular flexibility index (Phi) is 5.96. The van der Waals surface area contributed by atoms with Gasteiger partial charge in [-0.2, -0.15) is 0 Å². The number of fused-ring (bicyclic) bond motifs is 1. The van der Waals surface area contributed by atoms with E-state index in [1.165, 1.54) is 0 Å². The smallest absolute Gasteiger partial charge is 0.251 e. The lowest BCUT2D eigenvalue weighted by molar-refractivity contribution is -0.115. The molecule has 6 nitrogen and oxygen atoms in total. The average Bonchev–Trinajstić information content (AvgIpc) is 2.92. The summed E-state index contributed by atoms with van der Waals surface area (Å²) in [5.74, 6) is 1.14. The lowest BCUT2D eigenvalue weighted by atomic mass is 10.1. The second-order valence-corrected chi connectivity index (χ2v) is 6.43. The number of hydrogen-bond acceptors (Lipinski definition) is 4.